The molecule has 0 bridgehead atoms. The SMILES string of the molecule is C[C@H]1C[C@H]1C(=O)OCC(=O)Nc1cc(F)ccc1F. The Balaban J connectivity index is 1.84. The Hall–Kier alpha value is -1.98. The number of esters is 1. The normalized spacial score (nSPS) is 20.8. The predicted molar refractivity (Wildman–Crippen MR) is 63.2 cm³/mol. The molecule has 1 saturated carbocycles. The van der Waals surface area contributed by atoms with Crippen molar-refractivity contribution in [3.05, 3.63) is 29.8 Å². The van der Waals surface area contributed by atoms with Crippen LogP contribution in [0.15, 0.2) is 18.2 Å². The smallest absolute Gasteiger partial charge is 0.309 e. The van der Waals surface area contributed by atoms with E-state index in [9.17, 15) is 18.4 Å². The first-order valence-corrected chi connectivity index (χ1v) is 5.89. The van der Waals surface area contributed by atoms with Gasteiger partial charge in [0.1, 0.15) is 11.6 Å². The first-order valence-electron chi connectivity index (χ1n) is 5.89. The van der Waals surface area contributed by atoms with E-state index in [1.165, 1.54) is 0 Å². The molecule has 1 fully saturated rings. The third kappa shape index (κ3) is 3.49. The van der Waals surface area contributed by atoms with Crippen LogP contribution in [-0.2, 0) is 14.3 Å². The third-order valence-electron chi connectivity index (χ3n) is 2.96. The van der Waals surface area contributed by atoms with Gasteiger partial charge in [-0.1, -0.05) is 6.92 Å². The van der Waals surface area contributed by atoms with Crippen molar-refractivity contribution in [2.45, 2.75) is 13.3 Å². The summed E-state index contributed by atoms with van der Waals surface area (Å²) in [5, 5.41) is 2.15. The number of hydrogen-bond acceptors (Lipinski definition) is 3. The maximum Gasteiger partial charge on any atom is 0.309 e. The highest BCUT2D eigenvalue weighted by Gasteiger charge is 2.40. The highest BCUT2D eigenvalue weighted by Crippen LogP contribution is 2.38. The monoisotopic (exact) mass is 269 g/mol. The van der Waals surface area contributed by atoms with Crippen molar-refractivity contribution in [2.75, 3.05) is 11.9 Å². The van der Waals surface area contributed by atoms with Crippen molar-refractivity contribution in [1.29, 1.82) is 0 Å². The second kappa shape index (κ2) is 5.34. The summed E-state index contributed by atoms with van der Waals surface area (Å²) in [4.78, 5) is 22.8. The van der Waals surface area contributed by atoms with Crippen LogP contribution in [-0.4, -0.2) is 18.5 Å². The van der Waals surface area contributed by atoms with Gasteiger partial charge in [-0.2, -0.15) is 0 Å². The molecule has 0 aromatic heterocycles. The molecule has 1 aromatic rings. The number of benzene rings is 1. The van der Waals surface area contributed by atoms with E-state index >= 15 is 0 Å². The maximum atomic E-state index is 13.2. The van der Waals surface area contributed by atoms with Gasteiger partial charge in [0.25, 0.3) is 5.91 Å². The molecule has 2 atom stereocenters. The van der Waals surface area contributed by atoms with Crippen molar-refractivity contribution in [3.63, 3.8) is 0 Å². The molecule has 0 aliphatic heterocycles. The fourth-order valence-corrected chi connectivity index (χ4v) is 1.67. The number of carbonyl (C=O) groups is 2. The van der Waals surface area contributed by atoms with Crippen LogP contribution in [0.2, 0.25) is 0 Å². The van der Waals surface area contributed by atoms with Crippen LogP contribution in [0, 0.1) is 23.5 Å². The zero-order valence-corrected chi connectivity index (χ0v) is 10.3. The molecule has 1 aliphatic carbocycles. The van der Waals surface area contributed by atoms with Gasteiger partial charge in [0.15, 0.2) is 6.61 Å². The Morgan fingerprint density at radius 3 is 2.74 bits per heavy atom. The second-order valence-corrected chi connectivity index (χ2v) is 4.60. The summed E-state index contributed by atoms with van der Waals surface area (Å²) in [6.07, 6.45) is 0.763. The Bertz CT molecular complexity index is 519. The summed E-state index contributed by atoms with van der Waals surface area (Å²) in [7, 11) is 0. The molecule has 2 rings (SSSR count). The zero-order chi connectivity index (χ0) is 14.0. The number of halogens is 2. The molecule has 4 nitrogen and oxygen atoms in total. The molecule has 6 heteroatoms. The van der Waals surface area contributed by atoms with E-state index in [0.717, 1.165) is 24.6 Å². The number of anilines is 1. The molecule has 0 saturated heterocycles. The number of rotatable bonds is 4. The van der Waals surface area contributed by atoms with Crippen molar-refractivity contribution in [2.24, 2.45) is 11.8 Å². The number of nitrogens with one attached hydrogen (secondary N) is 1. The number of ether oxygens (including phenoxy) is 1. The molecule has 1 amide bonds. The topological polar surface area (TPSA) is 55.4 Å². The molecular formula is C13H13F2NO3. The quantitative estimate of drug-likeness (QED) is 0.852. The van der Waals surface area contributed by atoms with Gasteiger partial charge in [0.2, 0.25) is 0 Å². The maximum absolute atomic E-state index is 13.2. The average Bonchev–Trinajstić information content (AvgIpc) is 3.08. The van der Waals surface area contributed by atoms with Gasteiger partial charge in [-0.15, -0.1) is 0 Å². The highest BCUT2D eigenvalue weighted by molar-refractivity contribution is 5.93. The minimum Gasteiger partial charge on any atom is -0.455 e. The Labute approximate surface area is 108 Å². The van der Waals surface area contributed by atoms with Crippen molar-refractivity contribution < 1.29 is 23.1 Å². The van der Waals surface area contributed by atoms with Crippen molar-refractivity contribution >= 4 is 17.6 Å². The molecule has 0 heterocycles. The van der Waals surface area contributed by atoms with Crippen molar-refractivity contribution in [3.8, 4) is 0 Å². The van der Waals surface area contributed by atoms with E-state index in [-0.39, 0.29) is 17.5 Å². The number of amides is 1. The van der Waals surface area contributed by atoms with Gasteiger partial charge in [-0.25, -0.2) is 8.78 Å². The van der Waals surface area contributed by atoms with Gasteiger partial charge in [0, 0.05) is 6.07 Å². The molecule has 0 unspecified atom stereocenters. The van der Waals surface area contributed by atoms with Crippen LogP contribution in [0.4, 0.5) is 14.5 Å². The van der Waals surface area contributed by atoms with Gasteiger partial charge in [0.05, 0.1) is 11.6 Å². The van der Waals surface area contributed by atoms with Crippen molar-refractivity contribution in [1.82, 2.24) is 0 Å². The first kappa shape index (κ1) is 13.5. The Morgan fingerprint density at radius 1 is 1.42 bits per heavy atom. The average molecular weight is 269 g/mol. The summed E-state index contributed by atoms with van der Waals surface area (Å²) in [6.45, 7) is 1.41. The molecule has 102 valence electrons. The van der Waals surface area contributed by atoms with Crippen LogP contribution in [0.25, 0.3) is 0 Å². The van der Waals surface area contributed by atoms with E-state index in [0.29, 0.717) is 0 Å². The Kier molecular flexibility index (Phi) is 3.78. The lowest BCUT2D eigenvalue weighted by atomic mass is 10.3. The summed E-state index contributed by atoms with van der Waals surface area (Å²) in [5.41, 5.74) is -0.277. The van der Waals surface area contributed by atoms with Crippen LogP contribution in [0.5, 0.6) is 0 Å². The number of hydrogen-bond donors (Lipinski definition) is 1. The van der Waals surface area contributed by atoms with E-state index in [1.807, 2.05) is 6.92 Å². The summed E-state index contributed by atoms with van der Waals surface area (Å²) in [6, 6.07) is 2.71. The molecule has 19 heavy (non-hydrogen) atoms. The molecule has 0 radical (unpaired) electrons. The van der Waals surface area contributed by atoms with Crippen LogP contribution >= 0.6 is 0 Å². The standard InChI is InChI=1S/C13H13F2NO3/c1-7-4-9(7)13(18)19-6-12(17)16-11-5-8(14)2-3-10(11)15/h2-3,5,7,9H,4,6H2,1H3,(H,16,17)/t7-,9+/m0/s1. The van der Waals surface area contributed by atoms with E-state index in [2.05, 4.69) is 5.32 Å². The molecular weight excluding hydrogens is 256 g/mol. The van der Waals surface area contributed by atoms with E-state index in [1.54, 1.807) is 0 Å². The second-order valence-electron chi connectivity index (χ2n) is 4.60. The number of carbonyl (C=O) groups excluding carboxylic acids is 2. The minimum atomic E-state index is -0.753. The van der Waals surface area contributed by atoms with E-state index in [4.69, 9.17) is 4.74 Å². The minimum absolute atomic E-state index is 0.140. The fourth-order valence-electron chi connectivity index (χ4n) is 1.67. The molecule has 1 aliphatic rings. The summed E-state index contributed by atoms with van der Waals surface area (Å²) in [5.74, 6) is -2.40. The van der Waals surface area contributed by atoms with Gasteiger partial charge in [-0.3, -0.25) is 9.59 Å². The molecule has 1 aromatic carbocycles. The van der Waals surface area contributed by atoms with Gasteiger partial charge < -0.3 is 10.1 Å². The first-order chi connectivity index (χ1) is 8.97. The van der Waals surface area contributed by atoms with E-state index < -0.39 is 30.1 Å². The summed E-state index contributed by atoms with van der Waals surface area (Å²) >= 11 is 0. The lowest BCUT2D eigenvalue weighted by Gasteiger charge is -2.07. The fraction of sp³-hybridized carbons (Fsp3) is 0.385. The zero-order valence-electron chi connectivity index (χ0n) is 10.3. The largest absolute Gasteiger partial charge is 0.455 e. The van der Waals surface area contributed by atoms with Crippen LogP contribution in [0.3, 0.4) is 0 Å². The lowest BCUT2D eigenvalue weighted by molar-refractivity contribution is -0.148. The predicted octanol–water partition coefficient (Wildman–Crippen LogP) is 2.10. The van der Waals surface area contributed by atoms with Gasteiger partial charge >= 0.3 is 5.97 Å². The molecule has 1 N–H and O–H groups in total. The summed E-state index contributed by atoms with van der Waals surface area (Å²) < 4.78 is 30.9. The van der Waals surface area contributed by atoms with Crippen LogP contribution in [0.1, 0.15) is 13.3 Å². The Morgan fingerprint density at radius 2 is 2.11 bits per heavy atom. The third-order valence-corrected chi connectivity index (χ3v) is 2.96. The highest BCUT2D eigenvalue weighted by atomic mass is 19.1. The van der Waals surface area contributed by atoms with Crippen LogP contribution < -0.4 is 5.32 Å². The lowest BCUT2D eigenvalue weighted by Crippen LogP contribution is -2.22. The molecule has 0 spiro atoms. The van der Waals surface area contributed by atoms with Gasteiger partial charge in [-0.05, 0) is 24.5 Å².